The fourth-order valence-corrected chi connectivity index (χ4v) is 3.42. The first-order chi connectivity index (χ1) is 9.47. The number of benzene rings is 1. The van der Waals surface area contributed by atoms with E-state index in [1.54, 1.807) is 6.07 Å². The number of hydrogen-bond donors (Lipinski definition) is 0. The quantitative estimate of drug-likeness (QED) is 0.783. The highest BCUT2D eigenvalue weighted by molar-refractivity contribution is 7.17. The summed E-state index contributed by atoms with van der Waals surface area (Å²) >= 11 is 1.07. The van der Waals surface area contributed by atoms with Gasteiger partial charge in [0.25, 0.3) is 0 Å². The maximum Gasteiger partial charge on any atom is 0.417 e. The largest absolute Gasteiger partial charge is 0.417 e. The standard InChI is InChI=1S/C14H10F3NOS/c15-14(16,17)9-5-2-1-4-8(9)13-18-10-6-3-7-11(19)12(10)20-13/h1-2,4-5H,3,6-7H2. The predicted molar refractivity (Wildman–Crippen MR) is 69.8 cm³/mol. The third kappa shape index (κ3) is 2.24. The molecule has 6 heteroatoms. The lowest BCUT2D eigenvalue weighted by Crippen LogP contribution is -2.08. The molecule has 2 aromatic rings. The minimum absolute atomic E-state index is 0.0144. The van der Waals surface area contributed by atoms with E-state index < -0.39 is 11.7 Å². The molecule has 20 heavy (non-hydrogen) atoms. The van der Waals surface area contributed by atoms with Gasteiger partial charge in [0.05, 0.1) is 16.1 Å². The van der Waals surface area contributed by atoms with Crippen LogP contribution in [0.25, 0.3) is 10.6 Å². The summed E-state index contributed by atoms with van der Waals surface area (Å²) in [5.41, 5.74) is -0.0241. The van der Waals surface area contributed by atoms with Crippen molar-refractivity contribution in [2.75, 3.05) is 0 Å². The second-order valence-electron chi connectivity index (χ2n) is 4.61. The van der Waals surface area contributed by atoms with E-state index in [4.69, 9.17) is 0 Å². The topological polar surface area (TPSA) is 30.0 Å². The van der Waals surface area contributed by atoms with Crippen LogP contribution in [-0.4, -0.2) is 10.8 Å². The lowest BCUT2D eigenvalue weighted by molar-refractivity contribution is -0.137. The molecule has 0 N–H and O–H groups in total. The monoisotopic (exact) mass is 297 g/mol. The Balaban J connectivity index is 2.13. The summed E-state index contributed by atoms with van der Waals surface area (Å²) in [5.74, 6) is -0.0144. The summed E-state index contributed by atoms with van der Waals surface area (Å²) in [5, 5.41) is 0.276. The molecule has 0 saturated carbocycles. The van der Waals surface area contributed by atoms with Gasteiger partial charge in [0.15, 0.2) is 5.78 Å². The minimum atomic E-state index is -4.42. The van der Waals surface area contributed by atoms with E-state index >= 15 is 0 Å². The van der Waals surface area contributed by atoms with Crippen LogP contribution < -0.4 is 0 Å². The van der Waals surface area contributed by atoms with E-state index in [9.17, 15) is 18.0 Å². The Morgan fingerprint density at radius 3 is 2.60 bits per heavy atom. The van der Waals surface area contributed by atoms with Crippen molar-refractivity contribution in [1.82, 2.24) is 4.98 Å². The zero-order chi connectivity index (χ0) is 14.3. The van der Waals surface area contributed by atoms with Crippen LogP contribution in [0.4, 0.5) is 13.2 Å². The number of carbonyl (C=O) groups excluding carboxylic acids is 1. The molecule has 2 nitrogen and oxygen atoms in total. The smallest absolute Gasteiger partial charge is 0.293 e. The van der Waals surface area contributed by atoms with Crippen LogP contribution in [0.3, 0.4) is 0 Å². The Labute approximate surface area is 117 Å². The van der Waals surface area contributed by atoms with Crippen molar-refractivity contribution in [2.45, 2.75) is 25.4 Å². The highest BCUT2D eigenvalue weighted by Gasteiger charge is 2.34. The highest BCUT2D eigenvalue weighted by atomic mass is 32.1. The van der Waals surface area contributed by atoms with E-state index in [2.05, 4.69) is 4.98 Å². The Hall–Kier alpha value is -1.69. The van der Waals surface area contributed by atoms with E-state index in [1.165, 1.54) is 12.1 Å². The van der Waals surface area contributed by atoms with Gasteiger partial charge in [0.1, 0.15) is 5.01 Å². The molecule has 104 valence electrons. The molecule has 0 aliphatic heterocycles. The normalized spacial score (nSPS) is 15.2. The van der Waals surface area contributed by atoms with Crippen molar-refractivity contribution >= 4 is 17.1 Å². The first-order valence-corrected chi connectivity index (χ1v) is 6.98. The molecule has 1 aliphatic rings. The van der Waals surface area contributed by atoms with Gasteiger partial charge in [-0.25, -0.2) is 4.98 Å². The number of aromatic nitrogens is 1. The number of hydrogen-bond acceptors (Lipinski definition) is 3. The average Bonchev–Trinajstić information content (AvgIpc) is 2.83. The maximum absolute atomic E-state index is 13.0. The van der Waals surface area contributed by atoms with E-state index in [-0.39, 0.29) is 16.4 Å². The second-order valence-corrected chi connectivity index (χ2v) is 5.61. The number of thiazole rings is 1. The van der Waals surface area contributed by atoms with Crippen LogP contribution in [0, 0.1) is 0 Å². The molecule has 0 fully saturated rings. The van der Waals surface area contributed by atoms with Gasteiger partial charge < -0.3 is 0 Å². The fraction of sp³-hybridized carbons (Fsp3) is 0.286. The van der Waals surface area contributed by atoms with Crippen LogP contribution in [0.2, 0.25) is 0 Å². The van der Waals surface area contributed by atoms with Gasteiger partial charge in [-0.2, -0.15) is 13.2 Å². The highest BCUT2D eigenvalue weighted by Crippen LogP contribution is 2.40. The number of rotatable bonds is 1. The molecule has 3 rings (SSSR count). The van der Waals surface area contributed by atoms with Gasteiger partial charge in [0, 0.05) is 12.0 Å². The molecule has 0 radical (unpaired) electrons. The lowest BCUT2D eigenvalue weighted by atomic mass is 10.0. The number of alkyl halides is 3. The fourth-order valence-electron chi connectivity index (χ4n) is 2.30. The number of aryl methyl sites for hydroxylation is 1. The predicted octanol–water partition coefficient (Wildman–Crippen LogP) is 4.35. The first-order valence-electron chi connectivity index (χ1n) is 6.16. The maximum atomic E-state index is 13.0. The molecular formula is C14H10F3NOS. The molecule has 1 aromatic carbocycles. The summed E-state index contributed by atoms with van der Waals surface area (Å²) in [6.07, 6.45) is -2.59. The van der Waals surface area contributed by atoms with Crippen LogP contribution in [0.5, 0.6) is 0 Å². The molecule has 0 bridgehead atoms. The first kappa shape index (κ1) is 13.3. The van der Waals surface area contributed by atoms with Crippen molar-refractivity contribution < 1.29 is 18.0 Å². The van der Waals surface area contributed by atoms with Crippen LogP contribution in [-0.2, 0) is 12.6 Å². The van der Waals surface area contributed by atoms with Crippen molar-refractivity contribution in [2.24, 2.45) is 0 Å². The molecule has 0 amide bonds. The van der Waals surface area contributed by atoms with E-state index in [0.29, 0.717) is 23.4 Å². The Morgan fingerprint density at radius 2 is 1.90 bits per heavy atom. The molecule has 0 spiro atoms. The third-order valence-corrected chi connectivity index (χ3v) is 4.40. The molecule has 0 saturated heterocycles. The van der Waals surface area contributed by atoms with Gasteiger partial charge in [-0.15, -0.1) is 11.3 Å². The molecule has 1 aliphatic carbocycles. The number of nitrogens with zero attached hydrogens (tertiary/aromatic N) is 1. The van der Waals surface area contributed by atoms with Crippen molar-refractivity contribution in [3.63, 3.8) is 0 Å². The Bertz CT molecular complexity index is 675. The van der Waals surface area contributed by atoms with Crippen molar-refractivity contribution in [1.29, 1.82) is 0 Å². The number of ketones is 1. The summed E-state index contributed by atoms with van der Waals surface area (Å²) in [6.45, 7) is 0. The van der Waals surface area contributed by atoms with Crippen LogP contribution in [0.1, 0.15) is 33.8 Å². The number of Topliss-reactive ketones (excluding diaryl/α,β-unsaturated/α-hetero) is 1. The van der Waals surface area contributed by atoms with Gasteiger partial charge in [-0.1, -0.05) is 18.2 Å². The summed E-state index contributed by atoms with van der Waals surface area (Å²) in [4.78, 5) is 16.5. The van der Waals surface area contributed by atoms with Gasteiger partial charge in [-0.3, -0.25) is 4.79 Å². The van der Waals surface area contributed by atoms with Gasteiger partial charge in [-0.05, 0) is 18.9 Å². The molecule has 0 unspecified atom stereocenters. The minimum Gasteiger partial charge on any atom is -0.293 e. The lowest BCUT2D eigenvalue weighted by Gasteiger charge is -2.10. The summed E-state index contributed by atoms with van der Waals surface area (Å²) < 4.78 is 39.0. The van der Waals surface area contributed by atoms with Crippen LogP contribution >= 0.6 is 11.3 Å². The van der Waals surface area contributed by atoms with Crippen LogP contribution in [0.15, 0.2) is 24.3 Å². The SMILES string of the molecule is O=C1CCCc2nc(-c3ccccc3C(F)(F)F)sc21. The Kier molecular flexibility index (Phi) is 3.12. The summed E-state index contributed by atoms with van der Waals surface area (Å²) in [7, 11) is 0. The molecule has 0 atom stereocenters. The molecule has 1 heterocycles. The molecule has 1 aromatic heterocycles. The average molecular weight is 297 g/mol. The zero-order valence-electron chi connectivity index (χ0n) is 10.3. The summed E-state index contributed by atoms with van der Waals surface area (Å²) in [6, 6.07) is 5.34. The third-order valence-electron chi connectivity index (χ3n) is 3.23. The zero-order valence-corrected chi connectivity index (χ0v) is 11.1. The second kappa shape index (κ2) is 4.70. The molecular weight excluding hydrogens is 287 g/mol. The Morgan fingerprint density at radius 1 is 1.15 bits per heavy atom. The van der Waals surface area contributed by atoms with E-state index in [0.717, 1.165) is 23.8 Å². The van der Waals surface area contributed by atoms with Gasteiger partial charge in [0.2, 0.25) is 0 Å². The number of fused-ring (bicyclic) bond motifs is 1. The van der Waals surface area contributed by atoms with E-state index in [1.807, 2.05) is 0 Å². The van der Waals surface area contributed by atoms with Crippen molar-refractivity contribution in [3.8, 4) is 10.6 Å². The van der Waals surface area contributed by atoms with Crippen molar-refractivity contribution in [3.05, 3.63) is 40.4 Å². The number of carbonyl (C=O) groups is 1. The number of halogens is 3. The van der Waals surface area contributed by atoms with Gasteiger partial charge >= 0.3 is 6.18 Å².